The van der Waals surface area contributed by atoms with Gasteiger partial charge in [0.1, 0.15) is 0 Å². The first kappa shape index (κ1) is 14.5. The average molecular weight is 319 g/mol. The lowest BCUT2D eigenvalue weighted by Gasteiger charge is -2.27. The van der Waals surface area contributed by atoms with Gasteiger partial charge in [-0.25, -0.2) is 4.79 Å². The second kappa shape index (κ2) is 5.23. The molecular weight excluding hydrogens is 302 g/mol. The maximum atomic E-state index is 12.0. The minimum Gasteiger partial charge on any atom is -0.478 e. The van der Waals surface area contributed by atoms with Gasteiger partial charge in [-0.2, -0.15) is 5.10 Å². The van der Waals surface area contributed by atoms with Crippen molar-refractivity contribution in [1.29, 1.82) is 0 Å². The molecule has 0 spiro atoms. The molecule has 1 unspecified atom stereocenters. The molecule has 0 saturated heterocycles. The SMILES string of the molecule is CC1=C(C(=O)O)C(c2cccc3ccccc23)c2c(n[nH]c2C)N1. The molecule has 5 heteroatoms. The second-order valence-corrected chi connectivity index (χ2v) is 6.08. The molecule has 1 atom stereocenters. The molecule has 2 heterocycles. The van der Waals surface area contributed by atoms with Crippen LogP contribution in [0.15, 0.2) is 53.7 Å². The summed E-state index contributed by atoms with van der Waals surface area (Å²) in [6, 6.07) is 14.1. The molecule has 0 amide bonds. The third-order valence-corrected chi connectivity index (χ3v) is 4.65. The molecule has 3 N–H and O–H groups in total. The van der Waals surface area contributed by atoms with Gasteiger partial charge in [0, 0.05) is 22.9 Å². The summed E-state index contributed by atoms with van der Waals surface area (Å²) in [7, 11) is 0. The predicted octanol–water partition coefficient (Wildman–Crippen LogP) is 3.79. The fraction of sp³-hybridized carbons (Fsp3) is 0.158. The van der Waals surface area contributed by atoms with Crippen molar-refractivity contribution in [2.45, 2.75) is 19.8 Å². The lowest BCUT2D eigenvalue weighted by atomic mass is 9.80. The molecule has 0 bridgehead atoms. The number of allylic oxidation sites excluding steroid dienone is 1. The van der Waals surface area contributed by atoms with Gasteiger partial charge in [0.2, 0.25) is 0 Å². The highest BCUT2D eigenvalue weighted by molar-refractivity contribution is 5.96. The fourth-order valence-electron chi connectivity index (χ4n) is 3.59. The monoisotopic (exact) mass is 319 g/mol. The largest absolute Gasteiger partial charge is 0.478 e. The zero-order valence-electron chi connectivity index (χ0n) is 13.4. The summed E-state index contributed by atoms with van der Waals surface area (Å²) < 4.78 is 0. The van der Waals surface area contributed by atoms with Crippen LogP contribution in [-0.4, -0.2) is 21.3 Å². The van der Waals surface area contributed by atoms with Crippen LogP contribution in [0.5, 0.6) is 0 Å². The summed E-state index contributed by atoms with van der Waals surface area (Å²) in [4.78, 5) is 12.0. The molecule has 24 heavy (non-hydrogen) atoms. The standard InChI is InChI=1S/C19H17N3O2/c1-10-16(19(23)24)17(15-11(2)21-22-18(15)20-10)14-9-5-7-12-6-3-4-8-13(12)14/h3-9,17H,1-2H3,(H,23,24)(H2,20,21,22). The fourth-order valence-corrected chi connectivity index (χ4v) is 3.59. The van der Waals surface area contributed by atoms with Crippen molar-refractivity contribution < 1.29 is 9.90 Å². The first-order chi connectivity index (χ1) is 11.6. The number of hydrogen-bond acceptors (Lipinski definition) is 3. The Morgan fingerprint density at radius 1 is 1.12 bits per heavy atom. The lowest BCUT2D eigenvalue weighted by Crippen LogP contribution is -2.23. The van der Waals surface area contributed by atoms with Gasteiger partial charge in [0.05, 0.1) is 5.57 Å². The zero-order chi connectivity index (χ0) is 16.8. The Labute approximate surface area is 139 Å². The Hall–Kier alpha value is -3.08. The van der Waals surface area contributed by atoms with E-state index in [-0.39, 0.29) is 5.92 Å². The van der Waals surface area contributed by atoms with Crippen LogP contribution in [-0.2, 0) is 4.79 Å². The maximum Gasteiger partial charge on any atom is 0.334 e. The topological polar surface area (TPSA) is 78.0 Å². The van der Waals surface area contributed by atoms with Crippen LogP contribution in [0.3, 0.4) is 0 Å². The Balaban J connectivity index is 2.06. The van der Waals surface area contributed by atoms with E-state index < -0.39 is 5.97 Å². The number of anilines is 1. The van der Waals surface area contributed by atoms with E-state index in [0.717, 1.165) is 27.6 Å². The Morgan fingerprint density at radius 3 is 2.67 bits per heavy atom. The first-order valence-electron chi connectivity index (χ1n) is 7.81. The minimum absolute atomic E-state index is 0.358. The number of aryl methyl sites for hydroxylation is 1. The summed E-state index contributed by atoms with van der Waals surface area (Å²) in [5.41, 5.74) is 3.75. The van der Waals surface area contributed by atoms with Crippen LogP contribution < -0.4 is 5.32 Å². The van der Waals surface area contributed by atoms with E-state index in [1.54, 1.807) is 6.92 Å². The molecule has 0 aliphatic carbocycles. The van der Waals surface area contributed by atoms with Crippen LogP contribution in [0.25, 0.3) is 10.8 Å². The number of hydrogen-bond donors (Lipinski definition) is 3. The lowest BCUT2D eigenvalue weighted by molar-refractivity contribution is -0.132. The first-order valence-corrected chi connectivity index (χ1v) is 7.81. The highest BCUT2D eigenvalue weighted by Crippen LogP contribution is 2.44. The number of fused-ring (bicyclic) bond motifs is 2. The van der Waals surface area contributed by atoms with Crippen molar-refractivity contribution in [3.63, 3.8) is 0 Å². The Kier molecular flexibility index (Phi) is 3.16. The van der Waals surface area contributed by atoms with Gasteiger partial charge in [0.25, 0.3) is 0 Å². The van der Waals surface area contributed by atoms with E-state index in [1.165, 1.54) is 0 Å². The van der Waals surface area contributed by atoms with Crippen molar-refractivity contribution in [3.8, 4) is 0 Å². The van der Waals surface area contributed by atoms with Gasteiger partial charge >= 0.3 is 5.97 Å². The normalized spacial score (nSPS) is 16.8. The smallest absolute Gasteiger partial charge is 0.334 e. The van der Waals surface area contributed by atoms with Gasteiger partial charge in [-0.05, 0) is 30.2 Å². The number of nitrogens with zero attached hydrogens (tertiary/aromatic N) is 1. The van der Waals surface area contributed by atoms with Crippen molar-refractivity contribution in [3.05, 3.63) is 70.6 Å². The number of rotatable bonds is 2. The Bertz CT molecular complexity index is 996. The molecule has 0 fully saturated rings. The molecular formula is C19H17N3O2. The molecule has 3 aromatic rings. The van der Waals surface area contributed by atoms with E-state index in [0.29, 0.717) is 17.1 Å². The number of carboxylic acids is 1. The minimum atomic E-state index is -0.913. The number of benzene rings is 2. The van der Waals surface area contributed by atoms with Crippen LogP contribution in [0.4, 0.5) is 5.82 Å². The predicted molar refractivity (Wildman–Crippen MR) is 93.1 cm³/mol. The van der Waals surface area contributed by atoms with Crippen molar-refractivity contribution in [2.24, 2.45) is 0 Å². The van der Waals surface area contributed by atoms with Crippen LogP contribution in [0, 0.1) is 6.92 Å². The second-order valence-electron chi connectivity index (χ2n) is 6.08. The third-order valence-electron chi connectivity index (χ3n) is 4.65. The number of aromatic nitrogens is 2. The van der Waals surface area contributed by atoms with Crippen LogP contribution >= 0.6 is 0 Å². The molecule has 4 rings (SSSR count). The highest BCUT2D eigenvalue weighted by Gasteiger charge is 2.35. The molecule has 0 saturated carbocycles. The maximum absolute atomic E-state index is 12.0. The van der Waals surface area contributed by atoms with E-state index >= 15 is 0 Å². The summed E-state index contributed by atoms with van der Waals surface area (Å²) in [5.74, 6) is -0.569. The van der Waals surface area contributed by atoms with Gasteiger partial charge < -0.3 is 10.4 Å². The summed E-state index contributed by atoms with van der Waals surface area (Å²) in [6.07, 6.45) is 0. The molecule has 1 aromatic heterocycles. The number of H-pyrrole nitrogens is 1. The van der Waals surface area contributed by atoms with Gasteiger partial charge in [0.15, 0.2) is 5.82 Å². The summed E-state index contributed by atoms with van der Waals surface area (Å²) >= 11 is 0. The molecule has 120 valence electrons. The van der Waals surface area contributed by atoms with Crippen molar-refractivity contribution >= 4 is 22.6 Å². The number of nitrogens with one attached hydrogen (secondary N) is 2. The number of carboxylic acid groups (broad SMARTS) is 1. The average Bonchev–Trinajstić information content (AvgIpc) is 2.93. The Morgan fingerprint density at radius 2 is 1.88 bits per heavy atom. The van der Waals surface area contributed by atoms with Crippen LogP contribution in [0.2, 0.25) is 0 Å². The number of carbonyl (C=O) groups is 1. The molecule has 5 nitrogen and oxygen atoms in total. The molecule has 2 aromatic carbocycles. The molecule has 1 aliphatic rings. The van der Waals surface area contributed by atoms with Gasteiger partial charge in [-0.3, -0.25) is 5.10 Å². The molecule has 0 radical (unpaired) electrons. The van der Waals surface area contributed by atoms with Gasteiger partial charge in [-0.1, -0.05) is 42.5 Å². The summed E-state index contributed by atoms with van der Waals surface area (Å²) in [5, 5.41) is 22.4. The van der Waals surface area contributed by atoms with E-state index in [9.17, 15) is 9.90 Å². The van der Waals surface area contributed by atoms with E-state index in [1.807, 2.05) is 49.4 Å². The third kappa shape index (κ3) is 2.01. The zero-order valence-corrected chi connectivity index (χ0v) is 13.4. The van der Waals surface area contributed by atoms with Crippen molar-refractivity contribution in [1.82, 2.24) is 10.2 Å². The number of aliphatic carboxylic acids is 1. The number of aromatic amines is 1. The van der Waals surface area contributed by atoms with Crippen molar-refractivity contribution in [2.75, 3.05) is 5.32 Å². The van der Waals surface area contributed by atoms with E-state index in [2.05, 4.69) is 15.5 Å². The molecule has 1 aliphatic heterocycles. The van der Waals surface area contributed by atoms with Gasteiger partial charge in [-0.15, -0.1) is 0 Å². The van der Waals surface area contributed by atoms with Crippen LogP contribution in [0.1, 0.15) is 29.7 Å². The van der Waals surface area contributed by atoms with E-state index in [4.69, 9.17) is 0 Å². The highest BCUT2D eigenvalue weighted by atomic mass is 16.4. The quantitative estimate of drug-likeness (QED) is 0.671. The summed E-state index contributed by atoms with van der Waals surface area (Å²) in [6.45, 7) is 3.71.